The first kappa shape index (κ1) is 10.2. The summed E-state index contributed by atoms with van der Waals surface area (Å²) < 4.78 is 10.0. The van der Waals surface area contributed by atoms with Crippen LogP contribution in [0.4, 0.5) is 0 Å². The number of rotatable bonds is 3. The topological polar surface area (TPSA) is 44.2 Å². The third-order valence-electron chi connectivity index (χ3n) is 1.57. The molecule has 0 amide bonds. The molecule has 4 nitrogen and oxygen atoms in total. The van der Waals surface area contributed by atoms with Crippen molar-refractivity contribution in [1.29, 1.82) is 0 Å². The molecule has 0 aromatic carbocycles. The van der Waals surface area contributed by atoms with Crippen molar-refractivity contribution in [2.45, 2.75) is 0 Å². The minimum absolute atomic E-state index is 0.245. The molecule has 1 rings (SSSR count). The Balaban J connectivity index is 3.08. The summed E-state index contributed by atoms with van der Waals surface area (Å²) in [4.78, 5) is 8.12. The Morgan fingerprint density at radius 1 is 1.23 bits per heavy atom. The van der Waals surface area contributed by atoms with Gasteiger partial charge in [0.05, 0.1) is 19.5 Å². The molecule has 0 bridgehead atoms. The molecule has 0 saturated carbocycles. The highest BCUT2D eigenvalue weighted by Crippen LogP contribution is 2.28. The van der Waals surface area contributed by atoms with Crippen LogP contribution >= 0.6 is 7.92 Å². The lowest BCUT2D eigenvalue weighted by molar-refractivity contribution is 0.354. The molecular weight excluding hydrogens is 187 g/mol. The van der Waals surface area contributed by atoms with Crippen LogP contribution in [-0.2, 0) is 0 Å². The first-order chi connectivity index (χ1) is 6.19. The fourth-order valence-electron chi connectivity index (χ4n) is 0.900. The Hall–Kier alpha value is -0.890. The summed E-state index contributed by atoms with van der Waals surface area (Å²) in [6, 6.07) is 0.345. The minimum Gasteiger partial charge on any atom is -0.480 e. The van der Waals surface area contributed by atoms with E-state index >= 15 is 0 Å². The zero-order valence-corrected chi connectivity index (χ0v) is 9.13. The third-order valence-corrected chi connectivity index (χ3v) is 2.84. The van der Waals surface area contributed by atoms with Gasteiger partial charge >= 0.3 is 6.01 Å². The first-order valence-electron chi connectivity index (χ1n) is 3.81. The molecule has 0 saturated heterocycles. The molecule has 0 aliphatic carbocycles. The average Bonchev–Trinajstić information content (AvgIpc) is 2.16. The van der Waals surface area contributed by atoms with Crippen molar-refractivity contribution >= 4 is 13.2 Å². The van der Waals surface area contributed by atoms with Gasteiger partial charge in [0, 0.05) is 6.20 Å². The van der Waals surface area contributed by atoms with Crippen molar-refractivity contribution in [1.82, 2.24) is 9.97 Å². The van der Waals surface area contributed by atoms with E-state index in [0.717, 1.165) is 5.30 Å². The van der Waals surface area contributed by atoms with Gasteiger partial charge < -0.3 is 9.47 Å². The molecule has 5 heteroatoms. The highest BCUT2D eigenvalue weighted by Gasteiger charge is 2.10. The van der Waals surface area contributed by atoms with Crippen LogP contribution in [-0.4, -0.2) is 37.5 Å². The van der Waals surface area contributed by atoms with Gasteiger partial charge in [-0.1, -0.05) is 7.92 Å². The van der Waals surface area contributed by atoms with E-state index in [9.17, 15) is 0 Å². The van der Waals surface area contributed by atoms with E-state index in [-0.39, 0.29) is 7.92 Å². The zero-order valence-electron chi connectivity index (χ0n) is 8.24. The van der Waals surface area contributed by atoms with Crippen molar-refractivity contribution in [3.63, 3.8) is 0 Å². The minimum atomic E-state index is -0.245. The maximum atomic E-state index is 5.13. The summed E-state index contributed by atoms with van der Waals surface area (Å²) in [6.45, 7) is 4.26. The predicted molar refractivity (Wildman–Crippen MR) is 53.5 cm³/mol. The zero-order chi connectivity index (χ0) is 9.84. The molecule has 1 aromatic rings. The van der Waals surface area contributed by atoms with Crippen LogP contribution in [0.1, 0.15) is 0 Å². The van der Waals surface area contributed by atoms with Crippen LogP contribution < -0.4 is 14.8 Å². The average molecular weight is 200 g/mol. The van der Waals surface area contributed by atoms with Gasteiger partial charge in [-0.3, -0.25) is 0 Å². The van der Waals surface area contributed by atoms with Gasteiger partial charge in [-0.15, -0.1) is 0 Å². The van der Waals surface area contributed by atoms with Gasteiger partial charge in [0.25, 0.3) is 0 Å². The molecular formula is C8H13N2O2P. The first-order valence-corrected chi connectivity index (χ1v) is 6.05. The van der Waals surface area contributed by atoms with Crippen LogP contribution in [0, 0.1) is 0 Å². The predicted octanol–water partition coefficient (Wildman–Crippen LogP) is 0.861. The molecule has 0 aliphatic rings. The van der Waals surface area contributed by atoms with E-state index in [1.807, 2.05) is 0 Å². The van der Waals surface area contributed by atoms with E-state index in [1.54, 1.807) is 13.3 Å². The van der Waals surface area contributed by atoms with E-state index in [2.05, 4.69) is 23.3 Å². The quantitative estimate of drug-likeness (QED) is 0.679. The van der Waals surface area contributed by atoms with Crippen molar-refractivity contribution in [2.75, 3.05) is 27.5 Å². The lowest BCUT2D eigenvalue weighted by Crippen LogP contribution is -2.09. The third kappa shape index (κ3) is 2.28. The van der Waals surface area contributed by atoms with Crippen LogP contribution in [0.5, 0.6) is 11.9 Å². The summed E-state index contributed by atoms with van der Waals surface area (Å²) in [7, 11) is 2.89. The number of methoxy groups -OCH3 is 2. The van der Waals surface area contributed by atoms with Crippen LogP contribution in [0.25, 0.3) is 0 Å². The second kappa shape index (κ2) is 4.38. The summed E-state index contributed by atoms with van der Waals surface area (Å²) in [5.74, 6) is 0.614. The largest absolute Gasteiger partial charge is 0.480 e. The second-order valence-corrected chi connectivity index (χ2v) is 4.92. The molecule has 13 heavy (non-hydrogen) atoms. The number of ether oxygens (including phenoxy) is 2. The fourth-order valence-corrected chi connectivity index (χ4v) is 1.71. The van der Waals surface area contributed by atoms with Crippen LogP contribution in [0.15, 0.2) is 6.20 Å². The van der Waals surface area contributed by atoms with Crippen LogP contribution in [0.2, 0.25) is 0 Å². The Bertz CT molecular complexity index is 291. The lowest BCUT2D eigenvalue weighted by atomic mass is 10.6. The Morgan fingerprint density at radius 3 is 2.38 bits per heavy atom. The van der Waals surface area contributed by atoms with E-state index < -0.39 is 0 Å². The summed E-state index contributed by atoms with van der Waals surface area (Å²) >= 11 is 0. The van der Waals surface area contributed by atoms with Gasteiger partial charge in [-0.05, 0) is 13.3 Å². The lowest BCUT2D eigenvalue weighted by Gasteiger charge is -2.10. The second-order valence-electron chi connectivity index (χ2n) is 2.65. The molecule has 0 spiro atoms. The Morgan fingerprint density at radius 2 is 1.92 bits per heavy atom. The molecule has 72 valence electrons. The molecule has 1 aromatic heterocycles. The van der Waals surface area contributed by atoms with Crippen LogP contribution in [0.3, 0.4) is 0 Å². The van der Waals surface area contributed by atoms with Crippen molar-refractivity contribution in [2.24, 2.45) is 0 Å². The standard InChI is InChI=1S/C8H13N2O2P/c1-11-7-6(13(3)4)5-9-8(10-7)12-2/h5H,1-4H3. The Labute approximate surface area is 79.1 Å². The summed E-state index contributed by atoms with van der Waals surface area (Å²) in [5.41, 5.74) is 0. The van der Waals surface area contributed by atoms with E-state index in [0.29, 0.717) is 11.9 Å². The summed E-state index contributed by atoms with van der Waals surface area (Å²) in [6.07, 6.45) is 1.76. The van der Waals surface area contributed by atoms with Gasteiger partial charge in [-0.2, -0.15) is 4.98 Å². The molecule has 0 fully saturated rings. The molecule has 0 radical (unpaired) electrons. The SMILES string of the molecule is COc1ncc(P(C)C)c(OC)n1. The van der Waals surface area contributed by atoms with Gasteiger partial charge in [0.15, 0.2) is 0 Å². The highest BCUT2D eigenvalue weighted by molar-refractivity contribution is 7.64. The molecule has 0 atom stereocenters. The maximum absolute atomic E-state index is 5.13. The highest BCUT2D eigenvalue weighted by atomic mass is 31.1. The number of hydrogen-bond acceptors (Lipinski definition) is 4. The number of hydrogen-bond donors (Lipinski definition) is 0. The Kier molecular flexibility index (Phi) is 3.43. The summed E-state index contributed by atoms with van der Waals surface area (Å²) in [5, 5.41) is 1.05. The smallest absolute Gasteiger partial charge is 0.319 e. The molecule has 0 aliphatic heterocycles. The molecule has 0 unspecified atom stereocenters. The normalized spacial score (nSPS) is 10.2. The monoisotopic (exact) mass is 200 g/mol. The maximum Gasteiger partial charge on any atom is 0.319 e. The van der Waals surface area contributed by atoms with Crippen molar-refractivity contribution < 1.29 is 9.47 Å². The molecule has 0 N–H and O–H groups in total. The van der Waals surface area contributed by atoms with E-state index in [4.69, 9.17) is 9.47 Å². The number of nitrogens with zero attached hydrogens (tertiary/aromatic N) is 2. The van der Waals surface area contributed by atoms with Gasteiger partial charge in [0.2, 0.25) is 5.88 Å². The fraction of sp³-hybridized carbons (Fsp3) is 0.500. The van der Waals surface area contributed by atoms with Gasteiger partial charge in [-0.25, -0.2) is 4.98 Å². The van der Waals surface area contributed by atoms with Gasteiger partial charge in [0.1, 0.15) is 0 Å². The van der Waals surface area contributed by atoms with Crippen molar-refractivity contribution in [3.05, 3.63) is 6.20 Å². The van der Waals surface area contributed by atoms with E-state index in [1.165, 1.54) is 7.11 Å². The molecule has 1 heterocycles. The van der Waals surface area contributed by atoms with Crippen molar-refractivity contribution in [3.8, 4) is 11.9 Å². The number of aromatic nitrogens is 2.